The van der Waals surface area contributed by atoms with Crippen LogP contribution in [0.25, 0.3) is 11.4 Å². The average Bonchev–Trinajstić information content (AvgIpc) is 3.44. The number of aromatic nitrogens is 6. The molecule has 0 saturated heterocycles. The molecule has 2 aromatic carbocycles. The van der Waals surface area contributed by atoms with Crippen molar-refractivity contribution in [1.29, 1.82) is 0 Å². The highest BCUT2D eigenvalue weighted by molar-refractivity contribution is 5.97. The number of benzene rings is 2. The standard InChI is InChI=1S/C25H21F3N8O2/c1-13-7-14(3-6-18(13)26)11-29-23(37)19-9-20(31-12-30-19)24(38)32-21-10-25(27,28)17-8-15(4-5-16(17)21)22-33-35-36(2)34-22/h3-9,12,21H,10-11H2,1-2H3,(H,29,37)(H,32,38)/t21-/m0/s1. The predicted molar refractivity (Wildman–Crippen MR) is 127 cm³/mol. The quantitative estimate of drug-likeness (QED) is 0.399. The number of halogens is 3. The van der Waals surface area contributed by atoms with Crippen LogP contribution in [-0.2, 0) is 19.5 Å². The van der Waals surface area contributed by atoms with E-state index in [1.54, 1.807) is 32.2 Å². The van der Waals surface area contributed by atoms with Gasteiger partial charge in [-0.2, -0.15) is 4.80 Å². The van der Waals surface area contributed by atoms with Gasteiger partial charge in [0.2, 0.25) is 5.82 Å². The van der Waals surface area contributed by atoms with Crippen LogP contribution < -0.4 is 10.6 Å². The highest BCUT2D eigenvalue weighted by atomic mass is 19.3. The second kappa shape index (κ2) is 9.65. The van der Waals surface area contributed by atoms with E-state index in [0.29, 0.717) is 16.7 Å². The van der Waals surface area contributed by atoms with E-state index in [1.165, 1.54) is 29.1 Å². The molecule has 0 bridgehead atoms. The van der Waals surface area contributed by atoms with Gasteiger partial charge in [-0.3, -0.25) is 9.59 Å². The van der Waals surface area contributed by atoms with E-state index in [2.05, 4.69) is 36.0 Å². The van der Waals surface area contributed by atoms with E-state index < -0.39 is 30.2 Å². The molecule has 2 heterocycles. The van der Waals surface area contributed by atoms with Crippen molar-refractivity contribution in [3.8, 4) is 11.4 Å². The van der Waals surface area contributed by atoms with Gasteiger partial charge in [0.15, 0.2) is 0 Å². The maximum absolute atomic E-state index is 14.9. The van der Waals surface area contributed by atoms with Crippen molar-refractivity contribution < 1.29 is 22.8 Å². The number of alkyl halides is 2. The number of nitrogens with zero attached hydrogens (tertiary/aromatic N) is 6. The molecule has 0 fully saturated rings. The summed E-state index contributed by atoms with van der Waals surface area (Å²) in [6.07, 6.45) is 0.407. The van der Waals surface area contributed by atoms with Crippen molar-refractivity contribution >= 4 is 11.8 Å². The molecule has 10 nitrogen and oxygen atoms in total. The Morgan fingerprint density at radius 2 is 1.84 bits per heavy atom. The molecule has 5 rings (SSSR count). The Hall–Kier alpha value is -4.68. The Morgan fingerprint density at radius 1 is 1.08 bits per heavy atom. The molecule has 2 N–H and O–H groups in total. The van der Waals surface area contributed by atoms with Crippen LogP contribution in [0.2, 0.25) is 0 Å². The summed E-state index contributed by atoms with van der Waals surface area (Å²) in [5, 5.41) is 16.8. The summed E-state index contributed by atoms with van der Waals surface area (Å²) in [6, 6.07) is 9.05. The number of carbonyl (C=O) groups is 2. The molecule has 0 saturated carbocycles. The molecule has 13 heteroatoms. The Labute approximate surface area is 214 Å². The summed E-state index contributed by atoms with van der Waals surface area (Å²) in [5.41, 5.74) is 1.30. The molecule has 4 aromatic rings. The first-order valence-corrected chi connectivity index (χ1v) is 11.5. The summed E-state index contributed by atoms with van der Waals surface area (Å²) in [6.45, 7) is 1.73. The number of nitrogens with one attached hydrogen (secondary N) is 2. The number of carbonyl (C=O) groups excluding carboxylic acids is 2. The van der Waals surface area contributed by atoms with Crippen LogP contribution in [-0.4, -0.2) is 42.0 Å². The van der Waals surface area contributed by atoms with Gasteiger partial charge in [0.25, 0.3) is 17.7 Å². The SMILES string of the molecule is Cc1cc(CNC(=O)c2cc(C(=O)N[C@H]3CC(F)(F)c4cc(-c5nnn(C)n5)ccc43)ncn2)ccc1F. The second-order valence-electron chi connectivity index (χ2n) is 8.89. The van der Waals surface area contributed by atoms with Gasteiger partial charge in [0, 0.05) is 30.2 Å². The largest absolute Gasteiger partial charge is 0.347 e. The highest BCUT2D eigenvalue weighted by Crippen LogP contribution is 2.48. The summed E-state index contributed by atoms with van der Waals surface area (Å²) < 4.78 is 43.2. The van der Waals surface area contributed by atoms with Gasteiger partial charge in [-0.05, 0) is 41.0 Å². The molecule has 0 spiro atoms. The molecule has 194 valence electrons. The van der Waals surface area contributed by atoms with Gasteiger partial charge in [0.05, 0.1) is 13.1 Å². The Bertz CT molecular complexity index is 1560. The summed E-state index contributed by atoms with van der Waals surface area (Å²) in [4.78, 5) is 34.5. The van der Waals surface area contributed by atoms with Gasteiger partial charge in [-0.15, -0.1) is 10.2 Å². The van der Waals surface area contributed by atoms with E-state index in [9.17, 15) is 22.8 Å². The van der Waals surface area contributed by atoms with Crippen LogP contribution in [0.3, 0.4) is 0 Å². The Morgan fingerprint density at radius 3 is 2.55 bits per heavy atom. The summed E-state index contributed by atoms with van der Waals surface area (Å²) >= 11 is 0. The van der Waals surface area contributed by atoms with Crippen molar-refractivity contribution in [3.05, 3.63) is 88.3 Å². The number of hydrogen-bond acceptors (Lipinski definition) is 7. The maximum atomic E-state index is 14.9. The topological polar surface area (TPSA) is 128 Å². The first-order valence-electron chi connectivity index (χ1n) is 11.5. The third-order valence-electron chi connectivity index (χ3n) is 6.16. The fraction of sp³-hybridized carbons (Fsp3) is 0.240. The van der Waals surface area contributed by atoms with E-state index in [-0.39, 0.29) is 40.7 Å². The first-order chi connectivity index (χ1) is 18.1. The van der Waals surface area contributed by atoms with Crippen LogP contribution >= 0.6 is 0 Å². The molecular formula is C25H21F3N8O2. The number of fused-ring (bicyclic) bond motifs is 1. The van der Waals surface area contributed by atoms with Gasteiger partial charge in [0.1, 0.15) is 23.5 Å². The van der Waals surface area contributed by atoms with Crippen LogP contribution in [0, 0.1) is 12.7 Å². The molecule has 2 amide bonds. The van der Waals surface area contributed by atoms with Crippen LogP contribution in [0.4, 0.5) is 13.2 Å². The van der Waals surface area contributed by atoms with Crippen LogP contribution in [0.15, 0.2) is 48.8 Å². The van der Waals surface area contributed by atoms with E-state index in [1.807, 2.05) is 0 Å². The van der Waals surface area contributed by atoms with Gasteiger partial charge in [-0.1, -0.05) is 24.3 Å². The van der Waals surface area contributed by atoms with Crippen molar-refractivity contribution in [2.24, 2.45) is 7.05 Å². The molecule has 0 radical (unpaired) electrons. The summed E-state index contributed by atoms with van der Waals surface area (Å²) in [7, 11) is 1.57. The second-order valence-corrected chi connectivity index (χ2v) is 8.89. The molecular weight excluding hydrogens is 501 g/mol. The molecule has 0 unspecified atom stereocenters. The number of amides is 2. The van der Waals surface area contributed by atoms with Gasteiger partial charge >= 0.3 is 0 Å². The Balaban J connectivity index is 1.29. The predicted octanol–water partition coefficient (Wildman–Crippen LogP) is 3.01. The number of tetrazole rings is 1. The third-order valence-corrected chi connectivity index (χ3v) is 6.16. The average molecular weight is 522 g/mol. The molecule has 2 aromatic heterocycles. The zero-order valence-corrected chi connectivity index (χ0v) is 20.2. The molecule has 1 aliphatic rings. The van der Waals surface area contributed by atoms with Gasteiger partial charge < -0.3 is 10.6 Å². The van der Waals surface area contributed by atoms with Crippen molar-refractivity contribution in [2.75, 3.05) is 0 Å². The Kier molecular flexibility index (Phi) is 6.35. The number of hydrogen-bond donors (Lipinski definition) is 2. The summed E-state index contributed by atoms with van der Waals surface area (Å²) in [5.74, 6) is -4.65. The van der Waals surface area contributed by atoms with Crippen molar-refractivity contribution in [1.82, 2.24) is 40.8 Å². The lowest BCUT2D eigenvalue weighted by molar-refractivity contribution is -0.00843. The van der Waals surface area contributed by atoms with E-state index in [0.717, 1.165) is 6.33 Å². The molecule has 38 heavy (non-hydrogen) atoms. The molecule has 1 aliphatic carbocycles. The minimum atomic E-state index is -3.19. The zero-order valence-electron chi connectivity index (χ0n) is 20.2. The van der Waals surface area contributed by atoms with Crippen molar-refractivity contribution in [2.45, 2.75) is 31.9 Å². The maximum Gasteiger partial charge on any atom is 0.275 e. The monoisotopic (exact) mass is 522 g/mol. The lowest BCUT2D eigenvalue weighted by Gasteiger charge is -2.14. The number of aryl methyl sites for hydroxylation is 2. The van der Waals surface area contributed by atoms with E-state index in [4.69, 9.17) is 0 Å². The fourth-order valence-corrected chi connectivity index (χ4v) is 4.25. The lowest BCUT2D eigenvalue weighted by atomic mass is 10.0. The number of rotatable bonds is 6. The fourth-order valence-electron chi connectivity index (χ4n) is 4.25. The molecule has 1 atom stereocenters. The highest BCUT2D eigenvalue weighted by Gasteiger charge is 2.45. The third kappa shape index (κ3) is 4.94. The van der Waals surface area contributed by atoms with Crippen LogP contribution in [0.1, 0.15) is 55.7 Å². The first kappa shape index (κ1) is 25.0. The zero-order chi connectivity index (χ0) is 27.0. The minimum absolute atomic E-state index is 0.0813. The normalized spacial score (nSPS) is 15.7. The van der Waals surface area contributed by atoms with Crippen molar-refractivity contribution in [3.63, 3.8) is 0 Å². The lowest BCUT2D eigenvalue weighted by Crippen LogP contribution is -2.30. The van der Waals surface area contributed by atoms with E-state index >= 15 is 0 Å². The van der Waals surface area contributed by atoms with Crippen LogP contribution in [0.5, 0.6) is 0 Å². The minimum Gasteiger partial charge on any atom is -0.347 e. The van der Waals surface area contributed by atoms with Gasteiger partial charge in [-0.25, -0.2) is 23.1 Å². The smallest absolute Gasteiger partial charge is 0.275 e. The molecule has 0 aliphatic heterocycles.